The Hall–Kier alpha value is -2.97. The molecule has 3 rings (SSSR count). The average Bonchev–Trinajstić information content (AvgIpc) is 2.68. The molecule has 4 nitrogen and oxygen atoms in total. The van der Waals surface area contributed by atoms with Gasteiger partial charge >= 0.3 is 6.18 Å². The molecule has 9 heteroatoms. The van der Waals surface area contributed by atoms with Crippen LogP contribution in [0.1, 0.15) is 26.3 Å². The number of carbonyl (C=O) groups excluding carboxylic acids is 2. The van der Waals surface area contributed by atoms with E-state index < -0.39 is 35.2 Å². The molecule has 1 aliphatic rings. The fourth-order valence-corrected chi connectivity index (χ4v) is 2.91. The minimum atomic E-state index is -4.48. The zero-order valence-corrected chi connectivity index (χ0v) is 14.5. The zero-order valence-electron chi connectivity index (χ0n) is 14.5. The molecule has 0 saturated carbocycles. The van der Waals surface area contributed by atoms with E-state index in [0.29, 0.717) is 0 Å². The summed E-state index contributed by atoms with van der Waals surface area (Å²) in [5.74, 6) is -3.10. The molecule has 1 aliphatic heterocycles. The van der Waals surface area contributed by atoms with Gasteiger partial charge in [-0.05, 0) is 42.5 Å². The number of piperazine rings is 1. The van der Waals surface area contributed by atoms with Gasteiger partial charge in [-0.1, -0.05) is 0 Å². The lowest BCUT2D eigenvalue weighted by Gasteiger charge is -2.35. The Morgan fingerprint density at radius 3 is 1.64 bits per heavy atom. The highest BCUT2D eigenvalue weighted by Gasteiger charge is 2.31. The molecule has 0 atom stereocenters. The number of halogens is 5. The Kier molecular flexibility index (Phi) is 5.35. The maximum absolute atomic E-state index is 13.3. The van der Waals surface area contributed by atoms with Crippen molar-refractivity contribution in [3.05, 3.63) is 70.8 Å². The summed E-state index contributed by atoms with van der Waals surface area (Å²) in [6, 6.07) is 6.78. The monoisotopic (exact) mass is 398 g/mol. The molecular formula is C19H15F5N2O2. The van der Waals surface area contributed by atoms with Crippen LogP contribution in [0.2, 0.25) is 0 Å². The summed E-state index contributed by atoms with van der Waals surface area (Å²) in [4.78, 5) is 27.6. The minimum Gasteiger partial charge on any atom is -0.335 e. The molecule has 0 aliphatic carbocycles. The van der Waals surface area contributed by atoms with Crippen LogP contribution >= 0.6 is 0 Å². The third-order valence-corrected chi connectivity index (χ3v) is 4.48. The second-order valence-corrected chi connectivity index (χ2v) is 6.29. The Balaban J connectivity index is 1.62. The molecule has 28 heavy (non-hydrogen) atoms. The summed E-state index contributed by atoms with van der Waals surface area (Å²) in [5, 5.41) is 0. The van der Waals surface area contributed by atoms with Gasteiger partial charge in [0.25, 0.3) is 11.8 Å². The van der Waals surface area contributed by atoms with Crippen LogP contribution in [0.15, 0.2) is 42.5 Å². The molecule has 148 valence electrons. The molecule has 0 bridgehead atoms. The largest absolute Gasteiger partial charge is 0.416 e. The van der Waals surface area contributed by atoms with Crippen molar-refractivity contribution in [2.24, 2.45) is 0 Å². The van der Waals surface area contributed by atoms with Crippen molar-refractivity contribution in [1.82, 2.24) is 9.80 Å². The molecular weight excluding hydrogens is 383 g/mol. The van der Waals surface area contributed by atoms with Gasteiger partial charge in [0.2, 0.25) is 0 Å². The summed E-state index contributed by atoms with van der Waals surface area (Å²) in [7, 11) is 0. The van der Waals surface area contributed by atoms with Gasteiger partial charge in [0.15, 0.2) is 11.6 Å². The highest BCUT2D eigenvalue weighted by molar-refractivity contribution is 5.96. The predicted octanol–water partition coefficient (Wildman–Crippen LogP) is 3.58. The zero-order chi connectivity index (χ0) is 20.5. The summed E-state index contributed by atoms with van der Waals surface area (Å²) in [6.07, 6.45) is -4.48. The van der Waals surface area contributed by atoms with Crippen LogP contribution in [0.4, 0.5) is 22.0 Å². The second-order valence-electron chi connectivity index (χ2n) is 6.29. The Bertz CT molecular complexity index is 888. The topological polar surface area (TPSA) is 40.6 Å². The van der Waals surface area contributed by atoms with Gasteiger partial charge in [-0.3, -0.25) is 9.59 Å². The van der Waals surface area contributed by atoms with Crippen LogP contribution in [0.3, 0.4) is 0 Å². The third kappa shape index (κ3) is 4.13. The first-order valence-corrected chi connectivity index (χ1v) is 8.37. The molecule has 1 heterocycles. The van der Waals surface area contributed by atoms with Crippen LogP contribution < -0.4 is 0 Å². The van der Waals surface area contributed by atoms with Crippen molar-refractivity contribution >= 4 is 11.8 Å². The Labute approximate surface area is 157 Å². The molecule has 0 N–H and O–H groups in total. The maximum Gasteiger partial charge on any atom is 0.416 e. The number of benzene rings is 2. The van der Waals surface area contributed by atoms with Crippen molar-refractivity contribution in [2.75, 3.05) is 26.2 Å². The van der Waals surface area contributed by atoms with E-state index in [0.717, 1.165) is 36.4 Å². The fourth-order valence-electron chi connectivity index (χ4n) is 2.91. The summed E-state index contributed by atoms with van der Waals surface area (Å²) >= 11 is 0. The molecule has 2 aromatic carbocycles. The smallest absolute Gasteiger partial charge is 0.335 e. The SMILES string of the molecule is O=C(c1ccc(C(F)(F)F)cc1)N1CCN(C(=O)c2ccc(F)c(F)c2)CC1. The van der Waals surface area contributed by atoms with Crippen LogP contribution in [-0.2, 0) is 6.18 Å². The Morgan fingerprint density at radius 2 is 1.18 bits per heavy atom. The van der Waals surface area contributed by atoms with Gasteiger partial charge in [0.1, 0.15) is 0 Å². The van der Waals surface area contributed by atoms with E-state index in [4.69, 9.17) is 0 Å². The lowest BCUT2D eigenvalue weighted by molar-refractivity contribution is -0.137. The molecule has 2 aromatic rings. The van der Waals surface area contributed by atoms with E-state index in [2.05, 4.69) is 0 Å². The van der Waals surface area contributed by atoms with E-state index in [1.807, 2.05) is 0 Å². The van der Waals surface area contributed by atoms with Gasteiger partial charge in [0, 0.05) is 37.3 Å². The minimum absolute atomic E-state index is 0.00131. The van der Waals surface area contributed by atoms with Gasteiger partial charge in [-0.15, -0.1) is 0 Å². The third-order valence-electron chi connectivity index (χ3n) is 4.48. The molecule has 0 radical (unpaired) electrons. The van der Waals surface area contributed by atoms with E-state index in [-0.39, 0.29) is 37.3 Å². The van der Waals surface area contributed by atoms with Gasteiger partial charge < -0.3 is 9.80 Å². The molecule has 1 fully saturated rings. The number of hydrogen-bond donors (Lipinski definition) is 0. The summed E-state index contributed by atoms with van der Waals surface area (Å²) in [5.41, 5.74) is -0.721. The molecule has 1 saturated heterocycles. The van der Waals surface area contributed by atoms with Crippen LogP contribution in [-0.4, -0.2) is 47.8 Å². The van der Waals surface area contributed by atoms with Crippen molar-refractivity contribution in [3.63, 3.8) is 0 Å². The first kappa shape index (κ1) is 19.8. The van der Waals surface area contributed by atoms with Crippen LogP contribution in [0.25, 0.3) is 0 Å². The average molecular weight is 398 g/mol. The standard InChI is InChI=1S/C19H15F5N2O2/c20-15-6-3-13(11-16(15)21)18(28)26-9-7-25(8-10-26)17(27)12-1-4-14(5-2-12)19(22,23)24/h1-6,11H,7-10H2. The quantitative estimate of drug-likeness (QED) is 0.726. The number of amides is 2. The second kappa shape index (κ2) is 7.57. The Morgan fingerprint density at radius 1 is 0.714 bits per heavy atom. The maximum atomic E-state index is 13.3. The predicted molar refractivity (Wildman–Crippen MR) is 89.6 cm³/mol. The van der Waals surface area contributed by atoms with Gasteiger partial charge in [-0.25, -0.2) is 8.78 Å². The van der Waals surface area contributed by atoms with E-state index >= 15 is 0 Å². The number of hydrogen-bond acceptors (Lipinski definition) is 2. The lowest BCUT2D eigenvalue weighted by Crippen LogP contribution is -2.50. The highest BCUT2D eigenvalue weighted by Crippen LogP contribution is 2.29. The highest BCUT2D eigenvalue weighted by atomic mass is 19.4. The lowest BCUT2D eigenvalue weighted by atomic mass is 10.1. The number of carbonyl (C=O) groups is 2. The summed E-state index contributed by atoms with van der Waals surface area (Å²) in [6.45, 7) is 0.693. The number of alkyl halides is 3. The van der Waals surface area contributed by atoms with Crippen molar-refractivity contribution in [1.29, 1.82) is 0 Å². The first-order chi connectivity index (χ1) is 13.2. The molecule has 0 unspecified atom stereocenters. The van der Waals surface area contributed by atoms with E-state index in [1.54, 1.807) is 0 Å². The van der Waals surface area contributed by atoms with Crippen molar-refractivity contribution in [2.45, 2.75) is 6.18 Å². The first-order valence-electron chi connectivity index (χ1n) is 8.37. The van der Waals surface area contributed by atoms with Gasteiger partial charge in [0.05, 0.1) is 5.56 Å². The molecule has 0 spiro atoms. The normalized spacial score (nSPS) is 14.9. The molecule has 2 amide bonds. The number of nitrogens with zero attached hydrogens (tertiary/aromatic N) is 2. The fraction of sp³-hybridized carbons (Fsp3) is 0.263. The van der Waals surface area contributed by atoms with Crippen LogP contribution in [0, 0.1) is 11.6 Å². The van der Waals surface area contributed by atoms with E-state index in [9.17, 15) is 31.5 Å². The van der Waals surface area contributed by atoms with Crippen molar-refractivity contribution in [3.8, 4) is 0 Å². The van der Waals surface area contributed by atoms with E-state index in [1.165, 1.54) is 15.9 Å². The van der Waals surface area contributed by atoms with Crippen molar-refractivity contribution < 1.29 is 31.5 Å². The summed E-state index contributed by atoms with van der Waals surface area (Å²) < 4.78 is 64.1. The molecule has 0 aromatic heterocycles. The van der Waals surface area contributed by atoms with Gasteiger partial charge in [-0.2, -0.15) is 13.2 Å². The number of rotatable bonds is 2. The van der Waals surface area contributed by atoms with Crippen LogP contribution in [0.5, 0.6) is 0 Å².